The number of hydrogen-bond donors (Lipinski definition) is 2. The molecule has 2 rings (SSSR count). The van der Waals surface area contributed by atoms with Crippen molar-refractivity contribution in [2.24, 2.45) is 4.99 Å². The Bertz CT molecular complexity index is 514. The topological polar surface area (TPSA) is 39.7 Å². The summed E-state index contributed by atoms with van der Waals surface area (Å²) in [5.41, 5.74) is 0.643. The van der Waals surface area contributed by atoms with Gasteiger partial charge < -0.3 is 15.5 Å². The molecule has 1 fully saturated rings. The van der Waals surface area contributed by atoms with Crippen molar-refractivity contribution in [3.05, 3.63) is 35.4 Å². The summed E-state index contributed by atoms with van der Waals surface area (Å²) in [4.78, 5) is 7.03. The molecule has 1 heterocycles. The average molecular weight is 466 g/mol. The maximum absolute atomic E-state index is 13.2. The first-order valence-corrected chi connectivity index (χ1v) is 8.87. The van der Waals surface area contributed by atoms with E-state index in [1.165, 1.54) is 44.5 Å². The molecule has 1 aromatic carbocycles. The van der Waals surface area contributed by atoms with Gasteiger partial charge in [0.25, 0.3) is 0 Å². The van der Waals surface area contributed by atoms with E-state index in [9.17, 15) is 8.78 Å². The van der Waals surface area contributed by atoms with Crippen LogP contribution in [0.1, 0.15) is 31.7 Å². The minimum absolute atomic E-state index is 0. The van der Waals surface area contributed by atoms with Crippen LogP contribution >= 0.6 is 24.0 Å². The highest BCUT2D eigenvalue weighted by Gasteiger charge is 2.09. The van der Waals surface area contributed by atoms with Crippen LogP contribution in [-0.4, -0.2) is 50.1 Å². The lowest BCUT2D eigenvalue weighted by Crippen LogP contribution is -2.39. The Morgan fingerprint density at radius 3 is 2.40 bits per heavy atom. The van der Waals surface area contributed by atoms with Gasteiger partial charge in [0.2, 0.25) is 0 Å². The van der Waals surface area contributed by atoms with Gasteiger partial charge in [-0.2, -0.15) is 0 Å². The SMILES string of the molecule is CCNC(=NCCN1CCCCC1)NCCc1cc(F)cc(F)c1.I. The van der Waals surface area contributed by atoms with Gasteiger partial charge in [0.1, 0.15) is 11.6 Å². The molecule has 0 radical (unpaired) electrons. The van der Waals surface area contributed by atoms with Crippen LogP contribution in [0.3, 0.4) is 0 Å². The molecule has 4 nitrogen and oxygen atoms in total. The van der Waals surface area contributed by atoms with Gasteiger partial charge in [-0.25, -0.2) is 8.78 Å². The second kappa shape index (κ2) is 12.4. The van der Waals surface area contributed by atoms with E-state index in [0.717, 1.165) is 31.7 Å². The molecule has 0 spiro atoms. The fourth-order valence-electron chi connectivity index (χ4n) is 2.91. The third-order valence-corrected chi connectivity index (χ3v) is 4.11. The van der Waals surface area contributed by atoms with Crippen LogP contribution in [-0.2, 0) is 6.42 Å². The van der Waals surface area contributed by atoms with E-state index >= 15 is 0 Å². The maximum Gasteiger partial charge on any atom is 0.191 e. The molecular formula is C18H29F2IN4. The number of guanidine groups is 1. The van der Waals surface area contributed by atoms with Crippen LogP contribution in [0.25, 0.3) is 0 Å². The Labute approximate surface area is 166 Å². The molecule has 1 aliphatic rings. The first-order chi connectivity index (χ1) is 11.7. The van der Waals surface area contributed by atoms with Crippen molar-refractivity contribution in [3.8, 4) is 0 Å². The van der Waals surface area contributed by atoms with Gasteiger partial charge in [-0.05, 0) is 57.0 Å². The number of piperidine rings is 1. The van der Waals surface area contributed by atoms with Gasteiger partial charge in [0.15, 0.2) is 5.96 Å². The second-order valence-electron chi connectivity index (χ2n) is 6.12. The minimum Gasteiger partial charge on any atom is -0.357 e. The highest BCUT2D eigenvalue weighted by molar-refractivity contribution is 14.0. The summed E-state index contributed by atoms with van der Waals surface area (Å²) >= 11 is 0. The van der Waals surface area contributed by atoms with Gasteiger partial charge >= 0.3 is 0 Å². The van der Waals surface area contributed by atoms with Crippen LogP contribution < -0.4 is 10.6 Å². The summed E-state index contributed by atoms with van der Waals surface area (Å²) in [7, 11) is 0. The number of nitrogens with zero attached hydrogens (tertiary/aromatic N) is 2. The number of likely N-dealkylation sites (tertiary alicyclic amines) is 1. The third-order valence-electron chi connectivity index (χ3n) is 4.11. The highest BCUT2D eigenvalue weighted by atomic mass is 127. The molecule has 2 N–H and O–H groups in total. The smallest absolute Gasteiger partial charge is 0.191 e. The molecule has 0 aliphatic carbocycles. The van der Waals surface area contributed by atoms with Crippen LogP contribution in [0.15, 0.2) is 23.2 Å². The Balaban J connectivity index is 0.00000312. The maximum atomic E-state index is 13.2. The number of aliphatic imine (C=N–C) groups is 1. The summed E-state index contributed by atoms with van der Waals surface area (Å²) in [6.07, 6.45) is 4.45. The molecule has 142 valence electrons. The molecule has 0 amide bonds. The molecule has 1 saturated heterocycles. The summed E-state index contributed by atoms with van der Waals surface area (Å²) < 4.78 is 26.4. The zero-order valence-electron chi connectivity index (χ0n) is 14.9. The first-order valence-electron chi connectivity index (χ1n) is 8.87. The van der Waals surface area contributed by atoms with Crippen molar-refractivity contribution >= 4 is 29.9 Å². The molecule has 0 unspecified atom stereocenters. The van der Waals surface area contributed by atoms with Gasteiger partial charge in [-0.3, -0.25) is 4.99 Å². The standard InChI is InChI=1S/C18H28F2N4.HI/c1-2-21-18(23-8-11-24-9-4-3-5-10-24)22-7-6-15-12-16(19)14-17(20)13-15;/h12-14H,2-11H2,1H3,(H2,21,22,23);1H. The number of benzene rings is 1. The van der Waals surface area contributed by atoms with Crippen molar-refractivity contribution in [2.75, 3.05) is 39.3 Å². The second-order valence-corrected chi connectivity index (χ2v) is 6.12. The van der Waals surface area contributed by atoms with E-state index in [1.54, 1.807) is 0 Å². The monoisotopic (exact) mass is 466 g/mol. The van der Waals surface area contributed by atoms with Gasteiger partial charge in [0, 0.05) is 25.7 Å². The van der Waals surface area contributed by atoms with E-state index in [1.807, 2.05) is 6.92 Å². The molecule has 0 bridgehead atoms. The molecule has 0 aromatic heterocycles. The predicted molar refractivity (Wildman–Crippen MR) is 110 cm³/mol. The van der Waals surface area contributed by atoms with E-state index in [-0.39, 0.29) is 24.0 Å². The fraction of sp³-hybridized carbons (Fsp3) is 0.611. The Morgan fingerprint density at radius 2 is 1.76 bits per heavy atom. The third kappa shape index (κ3) is 8.80. The number of nitrogens with one attached hydrogen (secondary N) is 2. The number of rotatable bonds is 7. The average Bonchev–Trinajstić information content (AvgIpc) is 2.55. The van der Waals surface area contributed by atoms with Crippen LogP contribution in [0.2, 0.25) is 0 Å². The summed E-state index contributed by atoms with van der Waals surface area (Å²) in [5.74, 6) is -0.314. The zero-order valence-corrected chi connectivity index (χ0v) is 17.2. The normalized spacial score (nSPS) is 15.6. The Kier molecular flexibility index (Phi) is 11.0. The van der Waals surface area contributed by atoms with Crippen LogP contribution in [0.4, 0.5) is 8.78 Å². The first kappa shape index (κ1) is 22.1. The van der Waals surface area contributed by atoms with E-state index in [4.69, 9.17) is 0 Å². The molecular weight excluding hydrogens is 437 g/mol. The predicted octanol–water partition coefficient (Wildman–Crippen LogP) is 3.17. The van der Waals surface area contributed by atoms with Crippen LogP contribution in [0, 0.1) is 11.6 Å². The van der Waals surface area contributed by atoms with Crippen molar-refractivity contribution in [2.45, 2.75) is 32.6 Å². The van der Waals surface area contributed by atoms with Crippen molar-refractivity contribution in [1.82, 2.24) is 15.5 Å². The Hall–Kier alpha value is -0.960. The quantitative estimate of drug-likeness (QED) is 0.369. The minimum atomic E-state index is -0.535. The van der Waals surface area contributed by atoms with Crippen molar-refractivity contribution in [1.29, 1.82) is 0 Å². The largest absolute Gasteiger partial charge is 0.357 e. The molecule has 1 aromatic rings. The van der Waals surface area contributed by atoms with Crippen molar-refractivity contribution in [3.63, 3.8) is 0 Å². The molecule has 0 saturated carbocycles. The molecule has 25 heavy (non-hydrogen) atoms. The van der Waals surface area contributed by atoms with E-state index in [2.05, 4.69) is 20.5 Å². The van der Waals surface area contributed by atoms with Crippen LogP contribution in [0.5, 0.6) is 0 Å². The van der Waals surface area contributed by atoms with Gasteiger partial charge in [-0.1, -0.05) is 6.42 Å². The summed E-state index contributed by atoms with van der Waals surface area (Å²) in [6, 6.07) is 3.62. The van der Waals surface area contributed by atoms with E-state index < -0.39 is 11.6 Å². The van der Waals surface area contributed by atoms with E-state index in [0.29, 0.717) is 18.5 Å². The fourth-order valence-corrected chi connectivity index (χ4v) is 2.91. The summed E-state index contributed by atoms with van der Waals surface area (Å²) in [6.45, 7) is 7.46. The lowest BCUT2D eigenvalue weighted by molar-refractivity contribution is 0.235. The molecule has 1 aliphatic heterocycles. The van der Waals surface area contributed by atoms with Gasteiger partial charge in [-0.15, -0.1) is 24.0 Å². The molecule has 0 atom stereocenters. The summed E-state index contributed by atoms with van der Waals surface area (Å²) in [5, 5.41) is 6.42. The number of hydrogen-bond acceptors (Lipinski definition) is 2. The molecule has 7 heteroatoms. The van der Waals surface area contributed by atoms with Crippen molar-refractivity contribution < 1.29 is 8.78 Å². The zero-order chi connectivity index (χ0) is 17.2. The lowest BCUT2D eigenvalue weighted by Gasteiger charge is -2.25. The highest BCUT2D eigenvalue weighted by Crippen LogP contribution is 2.08. The number of halogens is 3. The lowest BCUT2D eigenvalue weighted by atomic mass is 10.1. The Morgan fingerprint density at radius 1 is 1.08 bits per heavy atom. The van der Waals surface area contributed by atoms with Gasteiger partial charge in [0.05, 0.1) is 6.54 Å².